The number of rotatable bonds is 2. The predicted octanol–water partition coefficient (Wildman–Crippen LogP) is 4.37. The molecule has 0 fully saturated rings. The molecule has 0 aromatic heterocycles. The molecule has 0 N–H and O–H groups in total. The van der Waals surface area contributed by atoms with Gasteiger partial charge in [0, 0.05) is 15.5 Å². The number of halogens is 1. The SMILES string of the molecule is CC(C)(C)SCc1cccc(Cl)c1. The van der Waals surface area contributed by atoms with Crippen LogP contribution in [0.15, 0.2) is 24.3 Å². The number of hydrogen-bond donors (Lipinski definition) is 0. The van der Waals surface area contributed by atoms with Gasteiger partial charge in [-0.2, -0.15) is 11.8 Å². The summed E-state index contributed by atoms with van der Waals surface area (Å²) in [6.07, 6.45) is 0. The first-order valence-corrected chi connectivity index (χ1v) is 5.72. The van der Waals surface area contributed by atoms with Crippen molar-refractivity contribution in [3.05, 3.63) is 34.9 Å². The molecular weight excluding hydrogens is 200 g/mol. The fraction of sp³-hybridized carbons (Fsp3) is 0.455. The van der Waals surface area contributed by atoms with Crippen molar-refractivity contribution in [2.45, 2.75) is 31.3 Å². The molecule has 1 aromatic carbocycles. The van der Waals surface area contributed by atoms with Gasteiger partial charge in [-0.1, -0.05) is 44.5 Å². The van der Waals surface area contributed by atoms with Crippen LogP contribution < -0.4 is 0 Å². The van der Waals surface area contributed by atoms with Crippen LogP contribution in [0.5, 0.6) is 0 Å². The summed E-state index contributed by atoms with van der Waals surface area (Å²) in [4.78, 5) is 0. The first-order valence-electron chi connectivity index (χ1n) is 4.36. The van der Waals surface area contributed by atoms with Gasteiger partial charge in [0.2, 0.25) is 0 Å². The van der Waals surface area contributed by atoms with Crippen LogP contribution in [-0.4, -0.2) is 4.75 Å². The molecule has 0 unspecified atom stereocenters. The maximum absolute atomic E-state index is 5.89. The van der Waals surface area contributed by atoms with Gasteiger partial charge in [-0.05, 0) is 17.7 Å². The number of benzene rings is 1. The van der Waals surface area contributed by atoms with Gasteiger partial charge in [-0.15, -0.1) is 0 Å². The molecule has 0 saturated heterocycles. The van der Waals surface area contributed by atoms with Gasteiger partial charge in [0.15, 0.2) is 0 Å². The van der Waals surface area contributed by atoms with Gasteiger partial charge < -0.3 is 0 Å². The summed E-state index contributed by atoms with van der Waals surface area (Å²) in [7, 11) is 0. The third-order valence-electron chi connectivity index (χ3n) is 1.56. The minimum Gasteiger partial charge on any atom is -0.151 e. The molecule has 0 radical (unpaired) electrons. The van der Waals surface area contributed by atoms with E-state index in [-0.39, 0.29) is 0 Å². The zero-order chi connectivity index (χ0) is 9.90. The highest BCUT2D eigenvalue weighted by molar-refractivity contribution is 7.99. The summed E-state index contributed by atoms with van der Waals surface area (Å²) >= 11 is 7.82. The lowest BCUT2D eigenvalue weighted by atomic mass is 10.2. The second-order valence-corrected chi connectivity index (χ2v) is 6.27. The van der Waals surface area contributed by atoms with Gasteiger partial charge in [-0.3, -0.25) is 0 Å². The molecule has 0 atom stereocenters. The van der Waals surface area contributed by atoms with E-state index in [0.717, 1.165) is 10.8 Å². The molecule has 0 aliphatic rings. The summed E-state index contributed by atoms with van der Waals surface area (Å²) in [5, 5.41) is 0.826. The van der Waals surface area contributed by atoms with Gasteiger partial charge >= 0.3 is 0 Å². The van der Waals surface area contributed by atoms with E-state index in [1.807, 2.05) is 30.0 Å². The van der Waals surface area contributed by atoms with E-state index in [4.69, 9.17) is 11.6 Å². The van der Waals surface area contributed by atoms with Crippen LogP contribution in [0.4, 0.5) is 0 Å². The molecular formula is C11H15ClS. The summed E-state index contributed by atoms with van der Waals surface area (Å²) in [5.41, 5.74) is 1.30. The smallest absolute Gasteiger partial charge is 0.0409 e. The van der Waals surface area contributed by atoms with Crippen molar-refractivity contribution in [1.29, 1.82) is 0 Å². The first kappa shape index (κ1) is 10.9. The largest absolute Gasteiger partial charge is 0.151 e. The van der Waals surface area contributed by atoms with E-state index in [2.05, 4.69) is 26.8 Å². The van der Waals surface area contributed by atoms with Crippen molar-refractivity contribution in [1.82, 2.24) is 0 Å². The lowest BCUT2D eigenvalue weighted by Gasteiger charge is -2.17. The van der Waals surface area contributed by atoms with E-state index in [0.29, 0.717) is 4.75 Å². The van der Waals surface area contributed by atoms with E-state index < -0.39 is 0 Å². The molecule has 72 valence electrons. The van der Waals surface area contributed by atoms with E-state index in [9.17, 15) is 0 Å². The van der Waals surface area contributed by atoms with Crippen molar-refractivity contribution >= 4 is 23.4 Å². The molecule has 1 aromatic rings. The summed E-state index contributed by atoms with van der Waals surface area (Å²) in [6.45, 7) is 6.67. The maximum atomic E-state index is 5.89. The molecule has 2 heteroatoms. The van der Waals surface area contributed by atoms with Crippen LogP contribution in [0.2, 0.25) is 5.02 Å². The van der Waals surface area contributed by atoms with Crippen molar-refractivity contribution < 1.29 is 0 Å². The Bertz CT molecular complexity index is 276. The zero-order valence-electron chi connectivity index (χ0n) is 8.30. The first-order chi connectivity index (χ1) is 5.97. The average molecular weight is 215 g/mol. The van der Waals surface area contributed by atoms with E-state index in [1.54, 1.807) is 0 Å². The average Bonchev–Trinajstić information content (AvgIpc) is 2.00. The molecule has 0 bridgehead atoms. The van der Waals surface area contributed by atoms with Crippen LogP contribution in [0, 0.1) is 0 Å². The van der Waals surface area contributed by atoms with Crippen LogP contribution in [0.1, 0.15) is 26.3 Å². The Kier molecular flexibility index (Phi) is 3.69. The molecule has 0 amide bonds. The van der Waals surface area contributed by atoms with Crippen molar-refractivity contribution in [3.63, 3.8) is 0 Å². The molecule has 0 saturated carbocycles. The monoisotopic (exact) mass is 214 g/mol. The second kappa shape index (κ2) is 4.39. The minimum absolute atomic E-state index is 0.322. The summed E-state index contributed by atoms with van der Waals surface area (Å²) in [5.74, 6) is 1.03. The Labute approximate surface area is 89.7 Å². The van der Waals surface area contributed by atoms with E-state index in [1.165, 1.54) is 5.56 Å². The minimum atomic E-state index is 0.322. The second-order valence-electron chi connectivity index (χ2n) is 4.03. The van der Waals surface area contributed by atoms with Crippen molar-refractivity contribution in [3.8, 4) is 0 Å². The van der Waals surface area contributed by atoms with Gasteiger partial charge in [0.25, 0.3) is 0 Å². The van der Waals surface area contributed by atoms with Crippen molar-refractivity contribution in [2.24, 2.45) is 0 Å². The lowest BCUT2D eigenvalue weighted by molar-refractivity contribution is 0.802. The summed E-state index contributed by atoms with van der Waals surface area (Å²) < 4.78 is 0.322. The predicted molar refractivity (Wildman–Crippen MR) is 62.5 cm³/mol. The third kappa shape index (κ3) is 4.58. The fourth-order valence-corrected chi connectivity index (χ4v) is 1.92. The molecule has 1 rings (SSSR count). The van der Waals surface area contributed by atoms with E-state index >= 15 is 0 Å². The molecule has 0 aliphatic carbocycles. The molecule has 13 heavy (non-hydrogen) atoms. The molecule has 0 spiro atoms. The summed E-state index contributed by atoms with van der Waals surface area (Å²) in [6, 6.07) is 8.05. The van der Waals surface area contributed by atoms with Crippen LogP contribution >= 0.6 is 23.4 Å². The molecule has 0 nitrogen and oxygen atoms in total. The Morgan fingerprint density at radius 3 is 2.54 bits per heavy atom. The highest BCUT2D eigenvalue weighted by atomic mass is 35.5. The zero-order valence-corrected chi connectivity index (χ0v) is 9.88. The standard InChI is InChI=1S/C11H15ClS/c1-11(2,3)13-8-9-5-4-6-10(12)7-9/h4-7H,8H2,1-3H3. The Balaban J connectivity index is 2.55. The third-order valence-corrected chi connectivity index (χ3v) is 3.14. The molecule has 0 aliphatic heterocycles. The number of hydrogen-bond acceptors (Lipinski definition) is 1. The van der Waals surface area contributed by atoms with Gasteiger partial charge in [-0.25, -0.2) is 0 Å². The Morgan fingerprint density at radius 2 is 2.00 bits per heavy atom. The lowest BCUT2D eigenvalue weighted by Crippen LogP contribution is -2.07. The van der Waals surface area contributed by atoms with Crippen LogP contribution in [0.25, 0.3) is 0 Å². The topological polar surface area (TPSA) is 0 Å². The van der Waals surface area contributed by atoms with Gasteiger partial charge in [0.1, 0.15) is 0 Å². The van der Waals surface area contributed by atoms with Gasteiger partial charge in [0.05, 0.1) is 0 Å². The highest BCUT2D eigenvalue weighted by Crippen LogP contribution is 2.27. The quantitative estimate of drug-likeness (QED) is 0.705. The number of thioether (sulfide) groups is 1. The van der Waals surface area contributed by atoms with Crippen LogP contribution in [0.3, 0.4) is 0 Å². The Hall–Kier alpha value is -0.140. The van der Waals surface area contributed by atoms with Crippen molar-refractivity contribution in [2.75, 3.05) is 0 Å². The van der Waals surface area contributed by atoms with Crippen LogP contribution in [-0.2, 0) is 5.75 Å². The fourth-order valence-electron chi connectivity index (χ4n) is 0.927. The molecule has 0 heterocycles. The Morgan fingerprint density at radius 1 is 1.31 bits per heavy atom. The normalized spacial score (nSPS) is 11.7. The highest BCUT2D eigenvalue weighted by Gasteiger charge is 2.10. The maximum Gasteiger partial charge on any atom is 0.0409 e.